The molecule has 0 aromatic rings. The molecule has 0 aliphatic carbocycles. The Balaban J connectivity index is 2.66. The maximum atomic E-state index is 8.62. The second-order valence-electron chi connectivity index (χ2n) is 1.40. The molecule has 4 heteroatoms. The van der Waals surface area contributed by atoms with Crippen LogP contribution in [0.1, 0.15) is 0 Å². The Bertz CT molecular complexity index is 141. The van der Waals surface area contributed by atoms with E-state index in [4.69, 9.17) is 10.3 Å². The van der Waals surface area contributed by atoms with E-state index >= 15 is 0 Å². The van der Waals surface area contributed by atoms with Crippen LogP contribution >= 0.6 is 0 Å². The molecule has 0 unspecified atom stereocenters. The van der Waals surface area contributed by atoms with Crippen molar-refractivity contribution in [2.75, 3.05) is 6.67 Å². The van der Waals surface area contributed by atoms with Gasteiger partial charge in [-0.15, -0.1) is 0 Å². The van der Waals surface area contributed by atoms with Gasteiger partial charge in [0.05, 0.1) is 0 Å². The zero-order valence-electron chi connectivity index (χ0n) is 4.15. The highest BCUT2D eigenvalue weighted by Gasteiger charge is 2.03. The standard InChI is InChI=1S/C4H6N2O2/c7-4-1-2-5-3-6(4)8/h1-2,7-8H,3H2. The van der Waals surface area contributed by atoms with E-state index in [9.17, 15) is 0 Å². The minimum atomic E-state index is -0.167. The number of nitrogens with zero attached hydrogens (tertiary/aromatic N) is 2. The summed E-state index contributed by atoms with van der Waals surface area (Å²) in [6.45, 7) is 0.113. The lowest BCUT2D eigenvalue weighted by Crippen LogP contribution is -2.20. The van der Waals surface area contributed by atoms with Gasteiger partial charge in [0.2, 0.25) is 5.88 Å². The van der Waals surface area contributed by atoms with Gasteiger partial charge in [-0.05, 0) is 0 Å². The normalized spacial score (nSPS) is 18.6. The molecule has 0 bridgehead atoms. The van der Waals surface area contributed by atoms with Crippen molar-refractivity contribution in [1.82, 2.24) is 5.06 Å². The highest BCUT2D eigenvalue weighted by Crippen LogP contribution is 1.97. The number of rotatable bonds is 0. The summed E-state index contributed by atoms with van der Waals surface area (Å²) in [6.07, 6.45) is 2.74. The number of aliphatic imine (C=N–C) groups is 1. The van der Waals surface area contributed by atoms with Gasteiger partial charge < -0.3 is 5.11 Å². The van der Waals surface area contributed by atoms with E-state index in [2.05, 4.69) is 4.99 Å². The number of allylic oxidation sites excluding steroid dienone is 1. The molecule has 2 N–H and O–H groups in total. The van der Waals surface area contributed by atoms with E-state index in [1.807, 2.05) is 0 Å². The quantitative estimate of drug-likeness (QED) is 0.470. The fourth-order valence-corrected chi connectivity index (χ4v) is 0.402. The smallest absolute Gasteiger partial charge is 0.214 e. The first-order valence-electron chi connectivity index (χ1n) is 2.16. The minimum absolute atomic E-state index is 0.113. The Kier molecular flexibility index (Phi) is 1.17. The zero-order chi connectivity index (χ0) is 5.98. The van der Waals surface area contributed by atoms with Crippen molar-refractivity contribution in [2.45, 2.75) is 0 Å². The summed E-state index contributed by atoms with van der Waals surface area (Å²) in [5, 5.41) is 17.9. The number of hydrogen-bond donors (Lipinski definition) is 2. The molecule has 0 spiro atoms. The summed E-state index contributed by atoms with van der Waals surface area (Å²) in [6, 6.07) is 0. The van der Waals surface area contributed by atoms with Crippen molar-refractivity contribution in [3.05, 3.63) is 12.0 Å². The van der Waals surface area contributed by atoms with Crippen LogP contribution < -0.4 is 0 Å². The van der Waals surface area contributed by atoms with Crippen LogP contribution in [0.2, 0.25) is 0 Å². The maximum absolute atomic E-state index is 8.62. The molecule has 0 amide bonds. The fourth-order valence-electron chi connectivity index (χ4n) is 0.402. The molecule has 0 atom stereocenters. The van der Waals surface area contributed by atoms with Gasteiger partial charge in [0.15, 0.2) is 0 Å². The van der Waals surface area contributed by atoms with Gasteiger partial charge in [-0.25, -0.2) is 5.06 Å². The third-order valence-corrected chi connectivity index (χ3v) is 0.809. The van der Waals surface area contributed by atoms with Crippen LogP contribution in [-0.4, -0.2) is 28.3 Å². The second-order valence-corrected chi connectivity index (χ2v) is 1.40. The topological polar surface area (TPSA) is 56.1 Å². The first kappa shape index (κ1) is 5.11. The minimum Gasteiger partial charge on any atom is -0.493 e. The summed E-state index contributed by atoms with van der Waals surface area (Å²) in [4.78, 5) is 3.62. The predicted octanol–water partition coefficient (Wildman–Crippen LogP) is 0.119. The molecule has 8 heavy (non-hydrogen) atoms. The number of hydroxylamine groups is 2. The summed E-state index contributed by atoms with van der Waals surface area (Å²) in [7, 11) is 0. The van der Waals surface area contributed by atoms with Crippen molar-refractivity contribution in [2.24, 2.45) is 4.99 Å². The molecule has 1 heterocycles. The summed E-state index contributed by atoms with van der Waals surface area (Å²) in [5.74, 6) is -0.167. The van der Waals surface area contributed by atoms with Gasteiger partial charge >= 0.3 is 0 Å². The molecule has 4 nitrogen and oxygen atoms in total. The monoisotopic (exact) mass is 114 g/mol. The van der Waals surface area contributed by atoms with Crippen molar-refractivity contribution < 1.29 is 10.3 Å². The first-order valence-corrected chi connectivity index (χ1v) is 2.16. The van der Waals surface area contributed by atoms with Crippen LogP contribution in [0, 0.1) is 0 Å². The van der Waals surface area contributed by atoms with Crippen LogP contribution in [0.25, 0.3) is 0 Å². The average molecular weight is 114 g/mol. The SMILES string of the molecule is OC1=CC=NCN1O. The highest BCUT2D eigenvalue weighted by atomic mass is 16.5. The highest BCUT2D eigenvalue weighted by molar-refractivity contribution is 5.72. The summed E-state index contributed by atoms with van der Waals surface area (Å²) >= 11 is 0. The summed E-state index contributed by atoms with van der Waals surface area (Å²) in [5.41, 5.74) is 0. The molecule has 0 saturated carbocycles. The van der Waals surface area contributed by atoms with E-state index < -0.39 is 0 Å². The fraction of sp³-hybridized carbons (Fsp3) is 0.250. The number of hydrogen-bond acceptors (Lipinski definition) is 4. The van der Waals surface area contributed by atoms with E-state index in [-0.39, 0.29) is 12.6 Å². The lowest BCUT2D eigenvalue weighted by Gasteiger charge is -2.13. The molecule has 1 aliphatic rings. The summed E-state index contributed by atoms with van der Waals surface area (Å²) < 4.78 is 0. The van der Waals surface area contributed by atoms with Crippen molar-refractivity contribution in [3.63, 3.8) is 0 Å². The van der Waals surface area contributed by atoms with Crippen LogP contribution in [0.5, 0.6) is 0 Å². The molecule has 0 fully saturated rings. The maximum Gasteiger partial charge on any atom is 0.214 e. The zero-order valence-corrected chi connectivity index (χ0v) is 4.15. The first-order chi connectivity index (χ1) is 3.80. The lowest BCUT2D eigenvalue weighted by molar-refractivity contribution is -0.0910. The van der Waals surface area contributed by atoms with E-state index in [1.165, 1.54) is 12.3 Å². The number of aliphatic hydroxyl groups excluding tert-OH is 1. The van der Waals surface area contributed by atoms with Crippen molar-refractivity contribution in [1.29, 1.82) is 0 Å². The van der Waals surface area contributed by atoms with E-state index in [1.54, 1.807) is 0 Å². The van der Waals surface area contributed by atoms with Gasteiger partial charge in [-0.3, -0.25) is 10.2 Å². The van der Waals surface area contributed by atoms with Crippen LogP contribution in [0.3, 0.4) is 0 Å². The van der Waals surface area contributed by atoms with Gasteiger partial charge in [0, 0.05) is 12.3 Å². The molecular formula is C4H6N2O2. The van der Waals surface area contributed by atoms with Crippen molar-refractivity contribution >= 4 is 6.21 Å². The Morgan fingerprint density at radius 3 is 2.88 bits per heavy atom. The molecule has 0 aromatic heterocycles. The van der Waals surface area contributed by atoms with Crippen LogP contribution in [-0.2, 0) is 0 Å². The van der Waals surface area contributed by atoms with Crippen LogP contribution in [0.4, 0.5) is 0 Å². The van der Waals surface area contributed by atoms with E-state index in [0.29, 0.717) is 5.06 Å². The molecule has 0 aromatic carbocycles. The molecular weight excluding hydrogens is 108 g/mol. The van der Waals surface area contributed by atoms with Gasteiger partial charge in [0.25, 0.3) is 0 Å². The Labute approximate surface area is 46.3 Å². The third kappa shape index (κ3) is 0.788. The largest absolute Gasteiger partial charge is 0.493 e. The van der Waals surface area contributed by atoms with E-state index in [0.717, 1.165) is 0 Å². The predicted molar refractivity (Wildman–Crippen MR) is 27.7 cm³/mol. The Morgan fingerprint density at radius 2 is 2.50 bits per heavy atom. The molecule has 0 saturated heterocycles. The van der Waals surface area contributed by atoms with Gasteiger partial charge in [-0.2, -0.15) is 0 Å². The Morgan fingerprint density at radius 1 is 1.75 bits per heavy atom. The molecule has 0 radical (unpaired) electrons. The lowest BCUT2D eigenvalue weighted by atomic mass is 10.5. The van der Waals surface area contributed by atoms with Crippen molar-refractivity contribution in [3.8, 4) is 0 Å². The van der Waals surface area contributed by atoms with Crippen LogP contribution in [0.15, 0.2) is 17.0 Å². The Hall–Kier alpha value is -1.03. The third-order valence-electron chi connectivity index (χ3n) is 0.809. The van der Waals surface area contributed by atoms with Gasteiger partial charge in [0.1, 0.15) is 6.67 Å². The second kappa shape index (κ2) is 1.83. The van der Waals surface area contributed by atoms with Gasteiger partial charge in [-0.1, -0.05) is 0 Å². The number of aliphatic hydroxyl groups is 1. The average Bonchev–Trinajstić information content (AvgIpc) is 1.77. The molecule has 44 valence electrons. The molecule has 1 aliphatic heterocycles. The molecule has 1 rings (SSSR count).